The van der Waals surface area contributed by atoms with Crippen molar-refractivity contribution in [2.45, 2.75) is 27.7 Å². The van der Waals surface area contributed by atoms with Crippen LogP contribution in [0.25, 0.3) is 0 Å². The monoisotopic (exact) mass is 382 g/mol. The van der Waals surface area contributed by atoms with E-state index in [0.717, 1.165) is 22.3 Å². The number of para-hydroxylation sites is 1. The van der Waals surface area contributed by atoms with E-state index in [9.17, 15) is 4.57 Å². The van der Waals surface area contributed by atoms with Crippen molar-refractivity contribution in [3.8, 4) is 17.2 Å². The van der Waals surface area contributed by atoms with E-state index in [1.807, 2.05) is 58.0 Å². The third-order valence-electron chi connectivity index (χ3n) is 4.49. The fourth-order valence-corrected chi connectivity index (χ4v) is 3.92. The first-order valence-electron chi connectivity index (χ1n) is 8.74. The lowest BCUT2D eigenvalue weighted by Crippen LogP contribution is -2.09. The van der Waals surface area contributed by atoms with Crippen molar-refractivity contribution in [2.24, 2.45) is 0 Å². The highest BCUT2D eigenvalue weighted by atomic mass is 31.2. The van der Waals surface area contributed by atoms with E-state index in [4.69, 9.17) is 13.6 Å². The minimum Gasteiger partial charge on any atom is -0.386 e. The van der Waals surface area contributed by atoms with Crippen molar-refractivity contribution in [1.82, 2.24) is 0 Å². The van der Waals surface area contributed by atoms with Gasteiger partial charge in [-0.1, -0.05) is 42.5 Å². The van der Waals surface area contributed by atoms with Crippen molar-refractivity contribution in [1.29, 1.82) is 0 Å². The first-order chi connectivity index (χ1) is 12.9. The van der Waals surface area contributed by atoms with Gasteiger partial charge in [0, 0.05) is 0 Å². The molecule has 0 bridgehead atoms. The Morgan fingerprint density at radius 3 is 1.56 bits per heavy atom. The van der Waals surface area contributed by atoms with Gasteiger partial charge in [0.2, 0.25) is 0 Å². The van der Waals surface area contributed by atoms with Crippen LogP contribution in [-0.4, -0.2) is 0 Å². The van der Waals surface area contributed by atoms with Gasteiger partial charge in [-0.05, 0) is 74.2 Å². The average molecular weight is 382 g/mol. The number of phosphoric acid groups is 1. The molecule has 0 spiro atoms. The zero-order valence-electron chi connectivity index (χ0n) is 15.9. The van der Waals surface area contributed by atoms with Crippen LogP contribution in [0.4, 0.5) is 0 Å². The number of hydrogen-bond acceptors (Lipinski definition) is 4. The summed E-state index contributed by atoms with van der Waals surface area (Å²) in [5.74, 6) is 1.36. The molecule has 0 N–H and O–H groups in total. The fourth-order valence-electron chi connectivity index (χ4n) is 2.55. The Kier molecular flexibility index (Phi) is 5.57. The van der Waals surface area contributed by atoms with Gasteiger partial charge in [0.15, 0.2) is 0 Å². The smallest absolute Gasteiger partial charge is 0.386 e. The highest BCUT2D eigenvalue weighted by Crippen LogP contribution is 2.51. The van der Waals surface area contributed by atoms with Gasteiger partial charge in [-0.15, -0.1) is 0 Å². The minimum atomic E-state index is -3.98. The van der Waals surface area contributed by atoms with Crippen LogP contribution in [0.15, 0.2) is 66.7 Å². The van der Waals surface area contributed by atoms with Crippen LogP contribution in [0.3, 0.4) is 0 Å². The maximum Gasteiger partial charge on any atom is 0.647 e. The minimum absolute atomic E-state index is 0.413. The van der Waals surface area contributed by atoms with E-state index in [1.54, 1.807) is 36.4 Å². The summed E-state index contributed by atoms with van der Waals surface area (Å²) in [6.45, 7) is 7.76. The molecule has 3 aromatic carbocycles. The number of aryl methyl sites for hydroxylation is 2. The summed E-state index contributed by atoms with van der Waals surface area (Å²) in [6, 6.07) is 20.0. The van der Waals surface area contributed by atoms with Gasteiger partial charge in [0.1, 0.15) is 17.2 Å². The molecule has 0 aliphatic heterocycles. The van der Waals surface area contributed by atoms with Crippen molar-refractivity contribution in [2.75, 3.05) is 0 Å². The second-order valence-corrected chi connectivity index (χ2v) is 7.87. The van der Waals surface area contributed by atoms with Crippen molar-refractivity contribution >= 4 is 7.82 Å². The molecular weight excluding hydrogens is 359 g/mol. The Morgan fingerprint density at radius 1 is 0.593 bits per heavy atom. The Bertz CT molecular complexity index is 925. The first kappa shape index (κ1) is 19.1. The molecule has 140 valence electrons. The zero-order valence-corrected chi connectivity index (χ0v) is 16.8. The molecular formula is C22H23O4P. The van der Waals surface area contributed by atoms with Crippen LogP contribution in [0.2, 0.25) is 0 Å². The van der Waals surface area contributed by atoms with Crippen LogP contribution in [0, 0.1) is 27.7 Å². The van der Waals surface area contributed by atoms with Gasteiger partial charge in [-0.3, -0.25) is 0 Å². The van der Waals surface area contributed by atoms with Gasteiger partial charge in [0.25, 0.3) is 0 Å². The normalized spacial score (nSPS) is 11.1. The largest absolute Gasteiger partial charge is 0.647 e. The van der Waals surface area contributed by atoms with Crippen LogP contribution in [0.5, 0.6) is 17.2 Å². The predicted molar refractivity (Wildman–Crippen MR) is 108 cm³/mol. The molecule has 5 heteroatoms. The van der Waals surface area contributed by atoms with Gasteiger partial charge in [0.05, 0.1) is 0 Å². The van der Waals surface area contributed by atoms with Crippen LogP contribution in [0.1, 0.15) is 22.3 Å². The third kappa shape index (κ3) is 4.53. The molecule has 0 saturated heterocycles. The Balaban J connectivity index is 1.99. The predicted octanol–water partition coefficient (Wildman–Crippen LogP) is 6.57. The molecule has 0 aliphatic rings. The van der Waals surface area contributed by atoms with Crippen molar-refractivity contribution in [3.05, 3.63) is 89.0 Å². The molecule has 4 nitrogen and oxygen atoms in total. The molecule has 0 atom stereocenters. The lowest BCUT2D eigenvalue weighted by molar-refractivity contribution is 0.297. The Morgan fingerprint density at radius 2 is 1.07 bits per heavy atom. The quantitative estimate of drug-likeness (QED) is 0.453. The summed E-state index contributed by atoms with van der Waals surface area (Å²) in [5.41, 5.74) is 3.84. The van der Waals surface area contributed by atoms with E-state index in [1.165, 1.54) is 0 Å². The zero-order chi connectivity index (χ0) is 19.4. The molecule has 0 unspecified atom stereocenters. The summed E-state index contributed by atoms with van der Waals surface area (Å²) >= 11 is 0. The molecule has 0 fully saturated rings. The molecule has 0 aliphatic carbocycles. The second-order valence-electron chi connectivity index (χ2n) is 6.43. The van der Waals surface area contributed by atoms with Gasteiger partial charge < -0.3 is 13.6 Å². The third-order valence-corrected chi connectivity index (χ3v) is 5.77. The van der Waals surface area contributed by atoms with Crippen LogP contribution < -0.4 is 13.6 Å². The SMILES string of the molecule is Cc1cccc(OP(=O)(Oc2ccccc2)Oc2cccc(C)c2C)c1C. The molecule has 0 radical (unpaired) electrons. The Labute approximate surface area is 160 Å². The van der Waals surface area contributed by atoms with E-state index >= 15 is 0 Å². The summed E-state index contributed by atoms with van der Waals surface area (Å²) in [5, 5.41) is 0. The molecule has 0 aromatic heterocycles. The molecule has 0 heterocycles. The first-order valence-corrected chi connectivity index (χ1v) is 10.2. The average Bonchev–Trinajstić information content (AvgIpc) is 2.64. The van der Waals surface area contributed by atoms with Crippen molar-refractivity contribution in [3.63, 3.8) is 0 Å². The summed E-state index contributed by atoms with van der Waals surface area (Å²) in [4.78, 5) is 0. The van der Waals surface area contributed by atoms with E-state index < -0.39 is 7.82 Å². The lowest BCUT2D eigenvalue weighted by atomic mass is 10.1. The van der Waals surface area contributed by atoms with Crippen LogP contribution in [-0.2, 0) is 4.57 Å². The van der Waals surface area contributed by atoms with Gasteiger partial charge in [-0.25, -0.2) is 0 Å². The summed E-state index contributed by atoms with van der Waals surface area (Å²) in [7, 11) is -3.98. The van der Waals surface area contributed by atoms with E-state index in [-0.39, 0.29) is 0 Å². The maximum atomic E-state index is 13.6. The molecule has 0 saturated carbocycles. The summed E-state index contributed by atoms with van der Waals surface area (Å²) < 4.78 is 30.9. The molecule has 0 amide bonds. The Hall–Kier alpha value is -2.71. The van der Waals surface area contributed by atoms with Crippen LogP contribution >= 0.6 is 7.82 Å². The van der Waals surface area contributed by atoms with Gasteiger partial charge in [-0.2, -0.15) is 4.57 Å². The van der Waals surface area contributed by atoms with E-state index in [2.05, 4.69) is 0 Å². The highest BCUT2D eigenvalue weighted by Gasteiger charge is 2.34. The molecule has 27 heavy (non-hydrogen) atoms. The highest BCUT2D eigenvalue weighted by molar-refractivity contribution is 7.49. The number of benzene rings is 3. The summed E-state index contributed by atoms with van der Waals surface area (Å²) in [6.07, 6.45) is 0. The maximum absolute atomic E-state index is 13.6. The van der Waals surface area contributed by atoms with Crippen molar-refractivity contribution < 1.29 is 18.1 Å². The molecule has 3 rings (SSSR count). The second kappa shape index (κ2) is 7.89. The van der Waals surface area contributed by atoms with Gasteiger partial charge >= 0.3 is 7.82 Å². The van der Waals surface area contributed by atoms with E-state index in [0.29, 0.717) is 17.2 Å². The topological polar surface area (TPSA) is 44.8 Å². The number of rotatable bonds is 6. The molecule has 3 aromatic rings. The standard InChI is InChI=1S/C22H23O4P/c1-16-10-8-14-21(18(16)3)25-27(23,24-20-12-6-5-7-13-20)26-22-15-9-11-17(2)19(22)4/h5-15H,1-4H3. The number of hydrogen-bond donors (Lipinski definition) is 0. The number of phosphoric ester groups is 1. The fraction of sp³-hybridized carbons (Fsp3) is 0.182. The lowest BCUT2D eigenvalue weighted by Gasteiger charge is -2.21.